The van der Waals surface area contributed by atoms with Crippen molar-refractivity contribution >= 4 is 5.95 Å². The third-order valence-electron chi connectivity index (χ3n) is 3.14. The first-order valence-electron chi connectivity index (χ1n) is 6.03. The van der Waals surface area contributed by atoms with E-state index in [1.807, 2.05) is 39.0 Å². The van der Waals surface area contributed by atoms with E-state index in [4.69, 9.17) is 10.6 Å². The molecular formula is C13H15N5O. The first-order chi connectivity index (χ1) is 9.01. The van der Waals surface area contributed by atoms with E-state index < -0.39 is 5.60 Å². The summed E-state index contributed by atoms with van der Waals surface area (Å²) in [6, 6.07) is 5.98. The van der Waals surface area contributed by atoms with Gasteiger partial charge in [0.1, 0.15) is 22.7 Å². The standard InChI is InChI=1S/C13H15N5O/c1-7-4-5-9-8(6-7)10-11(13(2,3)19-9)15-12(16-14)18-17-10/h4-6H,14H2,1-3H3,(H,15,16,18). The topological polar surface area (TPSA) is 86.0 Å². The molecule has 0 unspecified atom stereocenters. The Morgan fingerprint density at radius 2 is 2.05 bits per heavy atom. The van der Waals surface area contributed by atoms with E-state index in [2.05, 4.69) is 20.6 Å². The highest BCUT2D eigenvalue weighted by Gasteiger charge is 2.36. The molecule has 1 aliphatic heterocycles. The summed E-state index contributed by atoms with van der Waals surface area (Å²) in [5.74, 6) is 6.42. The van der Waals surface area contributed by atoms with Gasteiger partial charge in [0, 0.05) is 5.56 Å². The molecule has 3 rings (SSSR count). The van der Waals surface area contributed by atoms with Gasteiger partial charge in [0.25, 0.3) is 5.95 Å². The number of fused-ring (bicyclic) bond motifs is 3. The van der Waals surface area contributed by atoms with Crippen LogP contribution in [0.25, 0.3) is 11.3 Å². The summed E-state index contributed by atoms with van der Waals surface area (Å²) in [4.78, 5) is 4.38. The van der Waals surface area contributed by atoms with E-state index in [0.717, 1.165) is 28.3 Å². The van der Waals surface area contributed by atoms with Crippen molar-refractivity contribution in [2.75, 3.05) is 5.43 Å². The fourth-order valence-electron chi connectivity index (χ4n) is 2.23. The molecule has 19 heavy (non-hydrogen) atoms. The van der Waals surface area contributed by atoms with Gasteiger partial charge < -0.3 is 4.74 Å². The van der Waals surface area contributed by atoms with E-state index in [1.165, 1.54) is 0 Å². The van der Waals surface area contributed by atoms with Crippen LogP contribution in [0.4, 0.5) is 5.95 Å². The Balaban J connectivity index is 2.28. The van der Waals surface area contributed by atoms with E-state index >= 15 is 0 Å². The monoisotopic (exact) mass is 257 g/mol. The number of ether oxygens (including phenoxy) is 1. The second-order valence-electron chi connectivity index (χ2n) is 5.09. The predicted octanol–water partition coefficient (Wildman–Crippen LogP) is 1.76. The predicted molar refractivity (Wildman–Crippen MR) is 71.5 cm³/mol. The zero-order chi connectivity index (χ0) is 13.6. The van der Waals surface area contributed by atoms with E-state index in [9.17, 15) is 0 Å². The van der Waals surface area contributed by atoms with Crippen LogP contribution in [0.1, 0.15) is 25.1 Å². The Bertz CT molecular complexity index is 653. The molecule has 0 spiro atoms. The highest BCUT2D eigenvalue weighted by atomic mass is 16.5. The maximum Gasteiger partial charge on any atom is 0.257 e. The molecule has 0 fully saturated rings. The lowest BCUT2D eigenvalue weighted by Gasteiger charge is -2.32. The van der Waals surface area contributed by atoms with Crippen molar-refractivity contribution in [1.29, 1.82) is 0 Å². The lowest BCUT2D eigenvalue weighted by Crippen LogP contribution is -2.32. The number of benzene rings is 1. The van der Waals surface area contributed by atoms with Gasteiger partial charge in [-0.05, 0) is 32.9 Å². The van der Waals surface area contributed by atoms with Gasteiger partial charge in [-0.3, -0.25) is 5.43 Å². The van der Waals surface area contributed by atoms with Crippen LogP contribution in [0.5, 0.6) is 5.75 Å². The minimum atomic E-state index is -0.570. The number of nitrogens with two attached hydrogens (primary N) is 1. The second-order valence-corrected chi connectivity index (χ2v) is 5.09. The van der Waals surface area contributed by atoms with Gasteiger partial charge in [-0.15, -0.1) is 10.2 Å². The number of anilines is 1. The van der Waals surface area contributed by atoms with Crippen molar-refractivity contribution in [3.8, 4) is 17.0 Å². The van der Waals surface area contributed by atoms with Gasteiger partial charge in [0.05, 0.1) is 0 Å². The number of nitrogen functional groups attached to an aromatic ring is 1. The van der Waals surface area contributed by atoms with Crippen LogP contribution in [0.2, 0.25) is 0 Å². The number of aryl methyl sites for hydroxylation is 1. The first kappa shape index (κ1) is 11.9. The fourth-order valence-corrected chi connectivity index (χ4v) is 2.23. The molecular weight excluding hydrogens is 242 g/mol. The van der Waals surface area contributed by atoms with Gasteiger partial charge in [-0.25, -0.2) is 10.8 Å². The first-order valence-corrected chi connectivity index (χ1v) is 6.03. The number of nitrogens with one attached hydrogen (secondary N) is 1. The zero-order valence-corrected chi connectivity index (χ0v) is 11.1. The van der Waals surface area contributed by atoms with Crippen molar-refractivity contribution in [2.45, 2.75) is 26.4 Å². The highest BCUT2D eigenvalue weighted by molar-refractivity contribution is 5.72. The van der Waals surface area contributed by atoms with E-state index in [0.29, 0.717) is 0 Å². The lowest BCUT2D eigenvalue weighted by atomic mass is 9.94. The van der Waals surface area contributed by atoms with Crippen LogP contribution in [-0.4, -0.2) is 15.2 Å². The lowest BCUT2D eigenvalue weighted by molar-refractivity contribution is 0.0997. The summed E-state index contributed by atoms with van der Waals surface area (Å²) in [5, 5.41) is 8.18. The molecule has 2 heterocycles. The molecule has 1 aliphatic rings. The second kappa shape index (κ2) is 3.89. The molecule has 0 atom stereocenters. The molecule has 6 nitrogen and oxygen atoms in total. The van der Waals surface area contributed by atoms with Crippen molar-refractivity contribution in [2.24, 2.45) is 5.84 Å². The minimum absolute atomic E-state index is 0.284. The number of hydrogen-bond donors (Lipinski definition) is 2. The molecule has 0 radical (unpaired) electrons. The molecule has 6 heteroatoms. The molecule has 0 amide bonds. The van der Waals surface area contributed by atoms with Crippen LogP contribution in [-0.2, 0) is 5.60 Å². The molecule has 1 aromatic heterocycles. The quantitative estimate of drug-likeness (QED) is 0.598. The van der Waals surface area contributed by atoms with E-state index in [-0.39, 0.29) is 5.95 Å². The Morgan fingerprint density at radius 3 is 2.79 bits per heavy atom. The average Bonchev–Trinajstić information content (AvgIpc) is 2.39. The summed E-state index contributed by atoms with van der Waals surface area (Å²) in [6.07, 6.45) is 0. The van der Waals surface area contributed by atoms with Gasteiger partial charge in [0.15, 0.2) is 0 Å². The maximum absolute atomic E-state index is 6.00. The van der Waals surface area contributed by atoms with Crippen molar-refractivity contribution in [3.63, 3.8) is 0 Å². The zero-order valence-electron chi connectivity index (χ0n) is 11.1. The molecule has 2 aromatic rings. The van der Waals surface area contributed by atoms with Crippen LogP contribution >= 0.6 is 0 Å². The summed E-state index contributed by atoms with van der Waals surface area (Å²) in [5.41, 5.74) is 5.36. The molecule has 0 aliphatic carbocycles. The summed E-state index contributed by atoms with van der Waals surface area (Å²) in [7, 11) is 0. The van der Waals surface area contributed by atoms with Gasteiger partial charge >= 0.3 is 0 Å². The largest absolute Gasteiger partial charge is 0.481 e. The molecule has 3 N–H and O–H groups in total. The smallest absolute Gasteiger partial charge is 0.257 e. The minimum Gasteiger partial charge on any atom is -0.481 e. The van der Waals surface area contributed by atoms with Crippen molar-refractivity contribution in [3.05, 3.63) is 29.5 Å². The molecule has 1 aromatic carbocycles. The summed E-state index contributed by atoms with van der Waals surface area (Å²) in [6.45, 7) is 5.92. The number of nitrogens with zero attached hydrogens (tertiary/aromatic N) is 3. The van der Waals surface area contributed by atoms with E-state index in [1.54, 1.807) is 0 Å². The molecule has 0 bridgehead atoms. The average molecular weight is 257 g/mol. The van der Waals surface area contributed by atoms with Crippen LogP contribution in [0.3, 0.4) is 0 Å². The molecule has 98 valence electrons. The number of hydrazine groups is 1. The van der Waals surface area contributed by atoms with Crippen LogP contribution < -0.4 is 16.0 Å². The maximum atomic E-state index is 6.00. The molecule has 0 saturated carbocycles. The van der Waals surface area contributed by atoms with Crippen LogP contribution in [0.15, 0.2) is 18.2 Å². The Morgan fingerprint density at radius 1 is 1.26 bits per heavy atom. The number of rotatable bonds is 1. The Labute approximate surface area is 111 Å². The van der Waals surface area contributed by atoms with Crippen molar-refractivity contribution < 1.29 is 4.74 Å². The SMILES string of the molecule is Cc1ccc2c(c1)-c1nnc(NN)nc1C(C)(C)O2. The van der Waals surface area contributed by atoms with Gasteiger partial charge in [-0.1, -0.05) is 11.6 Å². The third-order valence-corrected chi connectivity index (χ3v) is 3.14. The number of aromatic nitrogens is 3. The summed E-state index contributed by atoms with van der Waals surface area (Å²) >= 11 is 0. The number of hydrogen-bond acceptors (Lipinski definition) is 6. The Hall–Kier alpha value is -2.21. The summed E-state index contributed by atoms with van der Waals surface area (Å²) < 4.78 is 6.00. The molecule has 0 saturated heterocycles. The van der Waals surface area contributed by atoms with Crippen molar-refractivity contribution in [1.82, 2.24) is 15.2 Å². The normalized spacial score (nSPS) is 15.2. The van der Waals surface area contributed by atoms with Crippen LogP contribution in [0, 0.1) is 6.92 Å². The Kier molecular flexibility index (Phi) is 2.43. The van der Waals surface area contributed by atoms with Gasteiger partial charge in [0.2, 0.25) is 0 Å². The fraction of sp³-hybridized carbons (Fsp3) is 0.308. The van der Waals surface area contributed by atoms with Gasteiger partial charge in [-0.2, -0.15) is 0 Å². The third kappa shape index (κ3) is 1.80. The highest BCUT2D eigenvalue weighted by Crippen LogP contribution is 2.43.